The number of nitrogens with zero attached hydrogens (tertiary/aromatic N) is 2. The summed E-state index contributed by atoms with van der Waals surface area (Å²) in [5.41, 5.74) is 2.41. The molecule has 0 aliphatic carbocycles. The number of carbonyl (C=O) groups is 2. The number of ether oxygens (including phenoxy) is 2. The van der Waals surface area contributed by atoms with Gasteiger partial charge in [-0.25, -0.2) is 9.48 Å². The highest BCUT2D eigenvalue weighted by atomic mass is 16.5. The molecule has 34 heavy (non-hydrogen) atoms. The van der Waals surface area contributed by atoms with E-state index in [4.69, 9.17) is 9.47 Å². The van der Waals surface area contributed by atoms with Gasteiger partial charge in [0.2, 0.25) is 5.91 Å². The molecule has 1 aliphatic rings. The lowest BCUT2D eigenvalue weighted by atomic mass is 10.2. The van der Waals surface area contributed by atoms with Crippen molar-refractivity contribution in [2.24, 2.45) is 0 Å². The molecule has 1 aliphatic heterocycles. The van der Waals surface area contributed by atoms with Gasteiger partial charge in [0.25, 0.3) is 0 Å². The molecule has 3 amide bonds. The highest BCUT2D eigenvalue weighted by Gasteiger charge is 2.27. The third-order valence-corrected chi connectivity index (χ3v) is 5.42. The number of anilines is 1. The second-order valence-electron chi connectivity index (χ2n) is 7.96. The van der Waals surface area contributed by atoms with Crippen LogP contribution in [0.1, 0.15) is 25.2 Å². The average molecular weight is 465 g/mol. The molecule has 1 fully saturated rings. The van der Waals surface area contributed by atoms with Crippen molar-refractivity contribution in [2.45, 2.75) is 32.2 Å². The zero-order valence-corrected chi connectivity index (χ0v) is 19.3. The molecular formula is C24H28N6O4. The van der Waals surface area contributed by atoms with Gasteiger partial charge in [-0.3, -0.25) is 15.4 Å². The minimum Gasteiger partial charge on any atom is -0.493 e. The minimum atomic E-state index is -0.588. The molecule has 0 radical (unpaired) electrons. The number of rotatable bonds is 7. The SMILES string of the molecule is COc1ccc(CNC(=O)Nc2cc(-c3ccccc3)nn2C2NC(=O)CC(C)N2)cc1OC. The van der Waals surface area contributed by atoms with Crippen molar-refractivity contribution in [2.75, 3.05) is 19.5 Å². The van der Waals surface area contributed by atoms with Crippen molar-refractivity contribution >= 4 is 17.8 Å². The lowest BCUT2D eigenvalue weighted by Gasteiger charge is -2.30. The molecule has 0 bridgehead atoms. The number of amides is 3. The van der Waals surface area contributed by atoms with Gasteiger partial charge in [0.1, 0.15) is 5.82 Å². The van der Waals surface area contributed by atoms with E-state index in [1.807, 2.05) is 43.3 Å². The molecule has 4 rings (SSSR count). The fourth-order valence-electron chi connectivity index (χ4n) is 3.76. The van der Waals surface area contributed by atoms with Crippen molar-refractivity contribution < 1.29 is 19.1 Å². The second-order valence-corrected chi connectivity index (χ2v) is 7.96. The fourth-order valence-corrected chi connectivity index (χ4v) is 3.76. The van der Waals surface area contributed by atoms with Crippen molar-refractivity contribution in [1.29, 1.82) is 0 Å². The zero-order valence-electron chi connectivity index (χ0n) is 19.3. The maximum atomic E-state index is 12.7. The van der Waals surface area contributed by atoms with Crippen molar-refractivity contribution in [3.05, 3.63) is 60.2 Å². The van der Waals surface area contributed by atoms with Crippen molar-refractivity contribution in [3.8, 4) is 22.8 Å². The zero-order chi connectivity index (χ0) is 24.1. The topological polar surface area (TPSA) is 119 Å². The summed E-state index contributed by atoms with van der Waals surface area (Å²) >= 11 is 0. The van der Waals surface area contributed by atoms with Crippen LogP contribution in [0.4, 0.5) is 10.6 Å². The molecule has 4 N–H and O–H groups in total. The van der Waals surface area contributed by atoms with E-state index in [1.165, 1.54) is 0 Å². The van der Waals surface area contributed by atoms with Gasteiger partial charge in [-0.15, -0.1) is 0 Å². The summed E-state index contributed by atoms with van der Waals surface area (Å²) in [5, 5.41) is 16.5. The van der Waals surface area contributed by atoms with Crippen LogP contribution in [0, 0.1) is 0 Å². The monoisotopic (exact) mass is 464 g/mol. The van der Waals surface area contributed by atoms with E-state index in [2.05, 4.69) is 26.4 Å². The molecule has 178 valence electrons. The quantitative estimate of drug-likeness (QED) is 0.427. The predicted octanol–water partition coefficient (Wildman–Crippen LogP) is 2.84. The molecule has 0 spiro atoms. The normalized spacial score (nSPS) is 17.6. The first kappa shape index (κ1) is 23.1. The molecular weight excluding hydrogens is 436 g/mol. The first-order chi connectivity index (χ1) is 16.5. The summed E-state index contributed by atoms with van der Waals surface area (Å²) in [5.74, 6) is 1.55. The largest absolute Gasteiger partial charge is 0.493 e. The number of benzene rings is 2. The van der Waals surface area contributed by atoms with Crippen LogP contribution in [-0.2, 0) is 11.3 Å². The Labute approximate surface area is 197 Å². The Kier molecular flexibility index (Phi) is 6.98. The number of hydrogen-bond donors (Lipinski definition) is 4. The van der Waals surface area contributed by atoms with Gasteiger partial charge >= 0.3 is 6.03 Å². The van der Waals surface area contributed by atoms with Crippen LogP contribution in [0.3, 0.4) is 0 Å². The predicted molar refractivity (Wildman–Crippen MR) is 127 cm³/mol. The van der Waals surface area contributed by atoms with Gasteiger partial charge in [-0.1, -0.05) is 36.4 Å². The van der Waals surface area contributed by atoms with Crippen LogP contribution >= 0.6 is 0 Å². The van der Waals surface area contributed by atoms with E-state index in [0.29, 0.717) is 29.4 Å². The molecule has 0 saturated carbocycles. The van der Waals surface area contributed by atoms with Gasteiger partial charge in [0.05, 0.1) is 19.9 Å². The van der Waals surface area contributed by atoms with E-state index in [1.54, 1.807) is 37.1 Å². The Morgan fingerprint density at radius 3 is 2.59 bits per heavy atom. The third kappa shape index (κ3) is 5.29. The molecule has 2 atom stereocenters. The van der Waals surface area contributed by atoms with Gasteiger partial charge in [-0.2, -0.15) is 5.10 Å². The summed E-state index contributed by atoms with van der Waals surface area (Å²) in [6.07, 6.45) is -0.215. The summed E-state index contributed by atoms with van der Waals surface area (Å²) < 4.78 is 12.1. The van der Waals surface area contributed by atoms with Gasteiger partial charge in [0.15, 0.2) is 17.8 Å². The lowest BCUT2D eigenvalue weighted by Crippen LogP contribution is -2.52. The van der Waals surface area contributed by atoms with Gasteiger partial charge in [-0.05, 0) is 24.6 Å². The number of urea groups is 1. The molecule has 2 unspecified atom stereocenters. The highest BCUT2D eigenvalue weighted by molar-refractivity contribution is 5.89. The first-order valence-corrected chi connectivity index (χ1v) is 10.9. The first-order valence-electron chi connectivity index (χ1n) is 10.9. The van der Waals surface area contributed by atoms with E-state index in [9.17, 15) is 9.59 Å². The maximum Gasteiger partial charge on any atom is 0.320 e. The lowest BCUT2D eigenvalue weighted by molar-refractivity contribution is -0.125. The third-order valence-electron chi connectivity index (χ3n) is 5.42. The van der Waals surface area contributed by atoms with E-state index in [-0.39, 0.29) is 18.5 Å². The molecule has 1 saturated heterocycles. The average Bonchev–Trinajstić information content (AvgIpc) is 3.26. The summed E-state index contributed by atoms with van der Waals surface area (Å²) in [6, 6.07) is 16.4. The number of hydrogen-bond acceptors (Lipinski definition) is 6. The van der Waals surface area contributed by atoms with E-state index >= 15 is 0 Å². The Bertz CT molecular complexity index is 1160. The van der Waals surface area contributed by atoms with Crippen LogP contribution in [0.2, 0.25) is 0 Å². The Hall–Kier alpha value is -4.05. The second kappa shape index (κ2) is 10.3. The highest BCUT2D eigenvalue weighted by Crippen LogP contribution is 2.28. The van der Waals surface area contributed by atoms with Gasteiger partial charge < -0.3 is 20.1 Å². The van der Waals surface area contributed by atoms with Crippen LogP contribution in [0.15, 0.2) is 54.6 Å². The molecule has 2 aromatic carbocycles. The van der Waals surface area contributed by atoms with Gasteiger partial charge in [0, 0.05) is 30.6 Å². The molecule has 3 aromatic rings. The van der Waals surface area contributed by atoms with Crippen LogP contribution in [0.25, 0.3) is 11.3 Å². The minimum absolute atomic E-state index is 0.0325. The number of aromatic nitrogens is 2. The summed E-state index contributed by atoms with van der Waals surface area (Å²) in [7, 11) is 3.13. The fraction of sp³-hybridized carbons (Fsp3) is 0.292. The Morgan fingerprint density at radius 1 is 1.12 bits per heavy atom. The maximum absolute atomic E-state index is 12.7. The molecule has 2 heterocycles. The van der Waals surface area contributed by atoms with E-state index in [0.717, 1.165) is 11.1 Å². The van der Waals surface area contributed by atoms with Crippen LogP contribution < -0.4 is 30.7 Å². The standard InChI is InChI=1S/C24H28N6O4/c1-15-11-22(31)28-23(26-15)30-21(13-18(29-30)17-7-5-4-6-8-17)27-24(32)25-14-16-9-10-19(33-2)20(12-16)34-3/h4-10,12-13,15,23,26H,11,14H2,1-3H3,(H,28,31)(H2,25,27,32). The Balaban J connectivity index is 1.52. The van der Waals surface area contributed by atoms with E-state index < -0.39 is 12.3 Å². The molecule has 10 nitrogen and oxygen atoms in total. The smallest absolute Gasteiger partial charge is 0.320 e. The molecule has 1 aromatic heterocycles. The summed E-state index contributed by atoms with van der Waals surface area (Å²) in [6.45, 7) is 2.21. The Morgan fingerprint density at radius 2 is 1.88 bits per heavy atom. The summed E-state index contributed by atoms with van der Waals surface area (Å²) in [4.78, 5) is 24.9. The number of methoxy groups -OCH3 is 2. The van der Waals surface area contributed by atoms with Crippen LogP contribution in [-0.4, -0.2) is 42.0 Å². The number of carbonyl (C=O) groups excluding carboxylic acids is 2. The van der Waals surface area contributed by atoms with Crippen molar-refractivity contribution in [3.63, 3.8) is 0 Å². The number of nitrogens with one attached hydrogen (secondary N) is 4. The van der Waals surface area contributed by atoms with Crippen molar-refractivity contribution in [1.82, 2.24) is 25.7 Å². The van der Waals surface area contributed by atoms with Crippen LogP contribution in [0.5, 0.6) is 11.5 Å². The molecule has 10 heteroatoms.